The Morgan fingerprint density at radius 1 is 1.25 bits per heavy atom. The Kier molecular flexibility index (Phi) is 3.60. The van der Waals surface area contributed by atoms with Crippen molar-refractivity contribution in [2.75, 3.05) is 11.9 Å². The van der Waals surface area contributed by atoms with Crippen LogP contribution in [-0.2, 0) is 4.79 Å². The average molecular weight is 217 g/mol. The quantitative estimate of drug-likeness (QED) is 0.761. The van der Waals surface area contributed by atoms with E-state index >= 15 is 0 Å². The number of anilines is 1. The maximum absolute atomic E-state index is 12.0. The predicted molar refractivity (Wildman–Crippen MR) is 66.4 cm³/mol. The van der Waals surface area contributed by atoms with Gasteiger partial charge in [-0.2, -0.15) is 0 Å². The van der Waals surface area contributed by atoms with E-state index in [-0.39, 0.29) is 5.91 Å². The van der Waals surface area contributed by atoms with Crippen molar-refractivity contribution in [3.8, 4) is 0 Å². The van der Waals surface area contributed by atoms with Crippen LogP contribution in [0.4, 0.5) is 5.69 Å². The standard InChI is InChI=1S/C14H19NO/c1-15(13-9-3-2-4-10-13)14(16)11-12-7-5-6-8-12/h2-4,9-10,12H,5-8,11H2,1H3. The number of carbonyl (C=O) groups is 1. The zero-order chi connectivity index (χ0) is 11.4. The van der Waals surface area contributed by atoms with E-state index in [1.54, 1.807) is 4.90 Å². The molecule has 0 N–H and O–H groups in total. The lowest BCUT2D eigenvalue weighted by atomic mass is 10.0. The number of amides is 1. The minimum Gasteiger partial charge on any atom is -0.315 e. The molecule has 0 spiro atoms. The number of hydrogen-bond donors (Lipinski definition) is 0. The van der Waals surface area contributed by atoms with Crippen LogP contribution < -0.4 is 4.90 Å². The summed E-state index contributed by atoms with van der Waals surface area (Å²) in [4.78, 5) is 13.8. The van der Waals surface area contributed by atoms with Gasteiger partial charge in [-0.05, 0) is 30.9 Å². The van der Waals surface area contributed by atoms with Crippen molar-refractivity contribution < 1.29 is 4.79 Å². The van der Waals surface area contributed by atoms with Gasteiger partial charge in [0.2, 0.25) is 5.91 Å². The summed E-state index contributed by atoms with van der Waals surface area (Å²) in [6.07, 6.45) is 5.77. The van der Waals surface area contributed by atoms with Gasteiger partial charge in [-0.25, -0.2) is 0 Å². The molecule has 0 aliphatic heterocycles. The summed E-state index contributed by atoms with van der Waals surface area (Å²) in [6, 6.07) is 9.86. The van der Waals surface area contributed by atoms with E-state index in [2.05, 4.69) is 0 Å². The van der Waals surface area contributed by atoms with Gasteiger partial charge in [0.05, 0.1) is 0 Å². The van der Waals surface area contributed by atoms with Crippen LogP contribution in [0, 0.1) is 5.92 Å². The molecule has 0 saturated heterocycles. The van der Waals surface area contributed by atoms with Gasteiger partial charge in [0, 0.05) is 19.2 Å². The Bertz CT molecular complexity index is 341. The van der Waals surface area contributed by atoms with Crippen LogP contribution in [-0.4, -0.2) is 13.0 Å². The molecule has 1 fully saturated rings. The van der Waals surface area contributed by atoms with Crippen molar-refractivity contribution in [3.05, 3.63) is 30.3 Å². The van der Waals surface area contributed by atoms with Crippen molar-refractivity contribution in [2.45, 2.75) is 32.1 Å². The van der Waals surface area contributed by atoms with Crippen LogP contribution in [0.5, 0.6) is 0 Å². The molecular weight excluding hydrogens is 198 g/mol. The van der Waals surface area contributed by atoms with E-state index in [9.17, 15) is 4.79 Å². The van der Waals surface area contributed by atoms with Gasteiger partial charge in [0.1, 0.15) is 0 Å². The number of carbonyl (C=O) groups excluding carboxylic acids is 1. The minimum atomic E-state index is 0.248. The summed E-state index contributed by atoms with van der Waals surface area (Å²) in [5, 5.41) is 0. The fourth-order valence-corrected chi connectivity index (χ4v) is 2.39. The highest BCUT2D eigenvalue weighted by molar-refractivity contribution is 5.92. The molecule has 0 bridgehead atoms. The molecule has 0 aromatic heterocycles. The summed E-state index contributed by atoms with van der Waals surface area (Å²) in [5.74, 6) is 0.872. The van der Waals surface area contributed by atoms with E-state index in [0.29, 0.717) is 12.3 Å². The van der Waals surface area contributed by atoms with Gasteiger partial charge in [-0.3, -0.25) is 4.79 Å². The summed E-state index contributed by atoms with van der Waals surface area (Å²) in [6.45, 7) is 0. The topological polar surface area (TPSA) is 20.3 Å². The normalized spacial score (nSPS) is 16.3. The molecule has 1 aromatic carbocycles. The zero-order valence-corrected chi connectivity index (χ0v) is 9.86. The van der Waals surface area contributed by atoms with E-state index in [4.69, 9.17) is 0 Å². The summed E-state index contributed by atoms with van der Waals surface area (Å²) in [7, 11) is 1.87. The molecule has 1 amide bonds. The lowest BCUT2D eigenvalue weighted by Crippen LogP contribution is -2.27. The van der Waals surface area contributed by atoms with Crippen LogP contribution in [0.1, 0.15) is 32.1 Å². The van der Waals surface area contributed by atoms with Crippen LogP contribution in [0.15, 0.2) is 30.3 Å². The first-order valence-corrected chi connectivity index (χ1v) is 6.09. The summed E-state index contributed by atoms with van der Waals surface area (Å²) < 4.78 is 0. The van der Waals surface area contributed by atoms with Crippen LogP contribution in [0.3, 0.4) is 0 Å². The van der Waals surface area contributed by atoms with Crippen LogP contribution >= 0.6 is 0 Å². The van der Waals surface area contributed by atoms with Crippen molar-refractivity contribution in [3.63, 3.8) is 0 Å². The third kappa shape index (κ3) is 2.63. The lowest BCUT2D eigenvalue weighted by molar-refractivity contribution is -0.119. The number of rotatable bonds is 3. The highest BCUT2D eigenvalue weighted by atomic mass is 16.2. The van der Waals surface area contributed by atoms with Crippen molar-refractivity contribution >= 4 is 11.6 Å². The van der Waals surface area contributed by atoms with Crippen molar-refractivity contribution in [2.24, 2.45) is 5.92 Å². The molecule has 0 unspecified atom stereocenters. The highest BCUT2D eigenvalue weighted by Crippen LogP contribution is 2.28. The van der Waals surface area contributed by atoms with Gasteiger partial charge < -0.3 is 4.90 Å². The monoisotopic (exact) mass is 217 g/mol. The molecule has 16 heavy (non-hydrogen) atoms. The Labute approximate surface area is 97.3 Å². The Morgan fingerprint density at radius 3 is 2.50 bits per heavy atom. The Morgan fingerprint density at radius 2 is 1.88 bits per heavy atom. The summed E-state index contributed by atoms with van der Waals surface area (Å²) >= 11 is 0. The fourth-order valence-electron chi connectivity index (χ4n) is 2.39. The molecular formula is C14H19NO. The van der Waals surface area contributed by atoms with Gasteiger partial charge in [-0.1, -0.05) is 31.0 Å². The van der Waals surface area contributed by atoms with Crippen LogP contribution in [0.2, 0.25) is 0 Å². The SMILES string of the molecule is CN(C(=O)CC1CCCC1)c1ccccc1. The predicted octanol–water partition coefficient (Wildman–Crippen LogP) is 3.23. The number of nitrogens with zero attached hydrogens (tertiary/aromatic N) is 1. The highest BCUT2D eigenvalue weighted by Gasteiger charge is 2.20. The smallest absolute Gasteiger partial charge is 0.226 e. The van der Waals surface area contributed by atoms with Gasteiger partial charge in [0.25, 0.3) is 0 Å². The van der Waals surface area contributed by atoms with Gasteiger partial charge >= 0.3 is 0 Å². The molecule has 0 heterocycles. The fraction of sp³-hybridized carbons (Fsp3) is 0.500. The molecule has 2 heteroatoms. The second kappa shape index (κ2) is 5.15. The first-order chi connectivity index (χ1) is 7.77. The van der Waals surface area contributed by atoms with E-state index < -0.39 is 0 Å². The van der Waals surface area contributed by atoms with E-state index in [1.807, 2.05) is 37.4 Å². The molecule has 86 valence electrons. The molecule has 2 rings (SSSR count). The Hall–Kier alpha value is -1.31. The molecule has 1 aliphatic rings. The third-order valence-electron chi connectivity index (χ3n) is 3.46. The average Bonchev–Trinajstić information content (AvgIpc) is 2.82. The Balaban J connectivity index is 1.94. The zero-order valence-electron chi connectivity index (χ0n) is 9.86. The van der Waals surface area contributed by atoms with Crippen LogP contribution in [0.25, 0.3) is 0 Å². The number of hydrogen-bond acceptors (Lipinski definition) is 1. The van der Waals surface area contributed by atoms with E-state index in [1.165, 1.54) is 25.7 Å². The maximum Gasteiger partial charge on any atom is 0.226 e. The lowest BCUT2D eigenvalue weighted by Gasteiger charge is -2.19. The number of benzene rings is 1. The molecule has 1 aromatic rings. The van der Waals surface area contributed by atoms with Crippen molar-refractivity contribution in [1.29, 1.82) is 0 Å². The molecule has 2 nitrogen and oxygen atoms in total. The third-order valence-corrected chi connectivity index (χ3v) is 3.46. The van der Waals surface area contributed by atoms with Gasteiger partial charge in [0.15, 0.2) is 0 Å². The summed E-state index contributed by atoms with van der Waals surface area (Å²) in [5.41, 5.74) is 0.991. The minimum absolute atomic E-state index is 0.248. The maximum atomic E-state index is 12.0. The molecule has 1 saturated carbocycles. The van der Waals surface area contributed by atoms with E-state index in [0.717, 1.165) is 5.69 Å². The molecule has 0 radical (unpaired) electrons. The number of para-hydroxylation sites is 1. The molecule has 0 atom stereocenters. The second-order valence-electron chi connectivity index (χ2n) is 4.64. The first kappa shape index (κ1) is 11.2. The largest absolute Gasteiger partial charge is 0.315 e. The van der Waals surface area contributed by atoms with Gasteiger partial charge in [-0.15, -0.1) is 0 Å². The first-order valence-electron chi connectivity index (χ1n) is 6.09. The van der Waals surface area contributed by atoms with Crippen molar-refractivity contribution in [1.82, 2.24) is 0 Å². The second-order valence-corrected chi connectivity index (χ2v) is 4.64. The molecule has 1 aliphatic carbocycles.